The van der Waals surface area contributed by atoms with Crippen LogP contribution in [0, 0.1) is 13.8 Å². The van der Waals surface area contributed by atoms with E-state index in [0.717, 1.165) is 34.6 Å². The Hall–Kier alpha value is -3.31. The lowest BCUT2D eigenvalue weighted by molar-refractivity contribution is 0.0747. The van der Waals surface area contributed by atoms with Crippen LogP contribution in [0.2, 0.25) is 5.02 Å². The predicted octanol–water partition coefficient (Wildman–Crippen LogP) is 5.32. The summed E-state index contributed by atoms with van der Waals surface area (Å²) < 4.78 is 1.94. The van der Waals surface area contributed by atoms with Gasteiger partial charge in [-0.2, -0.15) is 5.10 Å². The van der Waals surface area contributed by atoms with E-state index in [0.29, 0.717) is 25.2 Å². The number of halogens is 1. The highest BCUT2D eigenvalue weighted by molar-refractivity contribution is 6.30. The highest BCUT2D eigenvalue weighted by atomic mass is 35.5. The normalized spacial score (nSPS) is 14.2. The Morgan fingerprint density at radius 2 is 1.70 bits per heavy atom. The van der Waals surface area contributed by atoms with Crippen molar-refractivity contribution >= 4 is 34.1 Å². The Balaban J connectivity index is 1.31. The molecule has 168 valence electrons. The number of aryl methyl sites for hydroxylation is 2. The van der Waals surface area contributed by atoms with Crippen LogP contribution in [-0.4, -0.2) is 46.8 Å². The van der Waals surface area contributed by atoms with E-state index in [2.05, 4.69) is 42.0 Å². The summed E-state index contributed by atoms with van der Waals surface area (Å²) in [5, 5.41) is 6.28. The first-order valence-corrected chi connectivity index (χ1v) is 11.7. The molecular formula is C27H27ClN4O. The minimum absolute atomic E-state index is 0.0803. The number of aromatic nitrogens is 2. The first-order valence-electron chi connectivity index (χ1n) is 11.3. The number of benzene rings is 3. The fourth-order valence-corrected chi connectivity index (χ4v) is 4.61. The molecular weight excluding hydrogens is 432 g/mol. The lowest BCUT2D eigenvalue weighted by Crippen LogP contribution is -2.49. The van der Waals surface area contributed by atoms with Crippen molar-refractivity contribution in [2.75, 3.05) is 31.1 Å². The topological polar surface area (TPSA) is 41.4 Å². The predicted molar refractivity (Wildman–Crippen MR) is 134 cm³/mol. The Labute approximate surface area is 199 Å². The molecule has 0 N–H and O–H groups in total. The van der Waals surface area contributed by atoms with Crippen molar-refractivity contribution < 1.29 is 4.79 Å². The number of rotatable bonds is 4. The third-order valence-corrected chi connectivity index (χ3v) is 6.66. The molecule has 1 saturated heterocycles. The minimum atomic E-state index is 0.0803. The maximum Gasteiger partial charge on any atom is 0.254 e. The average molecular weight is 459 g/mol. The van der Waals surface area contributed by atoms with Crippen molar-refractivity contribution in [1.29, 1.82) is 0 Å². The lowest BCUT2D eigenvalue weighted by Gasteiger charge is -2.37. The molecule has 33 heavy (non-hydrogen) atoms. The largest absolute Gasteiger partial charge is 0.368 e. The van der Waals surface area contributed by atoms with E-state index >= 15 is 0 Å². The van der Waals surface area contributed by atoms with Gasteiger partial charge in [-0.25, -0.2) is 0 Å². The number of amides is 1. The highest BCUT2D eigenvalue weighted by Crippen LogP contribution is 2.24. The summed E-state index contributed by atoms with van der Waals surface area (Å²) in [7, 11) is 0. The fourth-order valence-electron chi connectivity index (χ4n) is 4.49. The molecule has 0 spiro atoms. The molecule has 0 unspecified atom stereocenters. The molecule has 1 aromatic heterocycles. The van der Waals surface area contributed by atoms with Crippen molar-refractivity contribution in [2.45, 2.75) is 20.4 Å². The zero-order chi connectivity index (χ0) is 22.9. The summed E-state index contributed by atoms with van der Waals surface area (Å²) >= 11 is 6.01. The second-order valence-corrected chi connectivity index (χ2v) is 9.21. The number of carbonyl (C=O) groups excluding carboxylic acids is 1. The Kier molecular flexibility index (Phi) is 5.81. The Morgan fingerprint density at radius 1 is 0.939 bits per heavy atom. The van der Waals surface area contributed by atoms with E-state index < -0.39 is 0 Å². The maximum atomic E-state index is 13.3. The molecule has 1 aliphatic rings. The van der Waals surface area contributed by atoms with Gasteiger partial charge in [0.2, 0.25) is 0 Å². The minimum Gasteiger partial charge on any atom is -0.368 e. The van der Waals surface area contributed by atoms with Crippen molar-refractivity contribution in [3.8, 4) is 0 Å². The lowest BCUT2D eigenvalue weighted by atomic mass is 10.1. The van der Waals surface area contributed by atoms with Gasteiger partial charge in [0.15, 0.2) is 0 Å². The van der Waals surface area contributed by atoms with Gasteiger partial charge in [0.25, 0.3) is 5.91 Å². The van der Waals surface area contributed by atoms with Crippen LogP contribution in [0.3, 0.4) is 0 Å². The van der Waals surface area contributed by atoms with Crippen LogP contribution in [0.15, 0.2) is 66.9 Å². The van der Waals surface area contributed by atoms with E-state index in [1.54, 1.807) is 0 Å². The molecule has 0 atom stereocenters. The van der Waals surface area contributed by atoms with Gasteiger partial charge in [-0.1, -0.05) is 41.9 Å². The quantitative estimate of drug-likeness (QED) is 0.415. The van der Waals surface area contributed by atoms with Crippen LogP contribution in [0.25, 0.3) is 10.9 Å². The Morgan fingerprint density at radius 3 is 2.45 bits per heavy atom. The van der Waals surface area contributed by atoms with E-state index in [9.17, 15) is 4.79 Å². The average Bonchev–Trinajstić information content (AvgIpc) is 3.23. The van der Waals surface area contributed by atoms with Gasteiger partial charge >= 0.3 is 0 Å². The highest BCUT2D eigenvalue weighted by Gasteiger charge is 2.23. The number of carbonyl (C=O) groups is 1. The standard InChI is InChI=1S/C27H27ClN4O/c1-19-3-4-20(2)25(15-19)30-11-13-31(14-12-30)27(33)22-7-8-23-17-29-32(26(23)16-22)18-21-5-9-24(28)10-6-21/h3-10,15-17H,11-14,18H2,1-2H3. The molecule has 2 heterocycles. The van der Waals surface area contributed by atoms with E-state index in [1.807, 2.05) is 58.2 Å². The zero-order valence-corrected chi connectivity index (χ0v) is 19.7. The third-order valence-electron chi connectivity index (χ3n) is 6.41. The van der Waals surface area contributed by atoms with Gasteiger partial charge in [-0.3, -0.25) is 9.48 Å². The molecule has 0 radical (unpaired) electrons. The van der Waals surface area contributed by atoms with Gasteiger partial charge in [-0.15, -0.1) is 0 Å². The molecule has 4 aromatic rings. The number of nitrogens with zero attached hydrogens (tertiary/aromatic N) is 4. The van der Waals surface area contributed by atoms with Crippen molar-refractivity contribution in [1.82, 2.24) is 14.7 Å². The van der Waals surface area contributed by atoms with Crippen molar-refractivity contribution in [3.63, 3.8) is 0 Å². The van der Waals surface area contributed by atoms with Crippen LogP contribution in [0.1, 0.15) is 27.0 Å². The van der Waals surface area contributed by atoms with Gasteiger partial charge in [-0.05, 0) is 60.9 Å². The van der Waals surface area contributed by atoms with Gasteiger partial charge in [0.1, 0.15) is 0 Å². The summed E-state index contributed by atoms with van der Waals surface area (Å²) in [6.07, 6.45) is 1.85. The summed E-state index contributed by atoms with van der Waals surface area (Å²) in [4.78, 5) is 17.6. The second-order valence-electron chi connectivity index (χ2n) is 8.77. The molecule has 5 rings (SSSR count). The zero-order valence-electron chi connectivity index (χ0n) is 19.0. The number of hydrogen-bond acceptors (Lipinski definition) is 3. The van der Waals surface area contributed by atoms with Crippen LogP contribution < -0.4 is 4.90 Å². The van der Waals surface area contributed by atoms with E-state index in [-0.39, 0.29) is 5.91 Å². The monoisotopic (exact) mass is 458 g/mol. The number of fused-ring (bicyclic) bond motifs is 1. The molecule has 1 amide bonds. The molecule has 0 bridgehead atoms. The SMILES string of the molecule is Cc1ccc(C)c(N2CCN(C(=O)c3ccc4cnn(Cc5ccc(Cl)cc5)c4c3)CC2)c1. The van der Waals surface area contributed by atoms with Crippen LogP contribution in [-0.2, 0) is 6.54 Å². The first-order chi connectivity index (χ1) is 16.0. The van der Waals surface area contributed by atoms with Crippen molar-refractivity contribution in [2.24, 2.45) is 0 Å². The molecule has 1 fully saturated rings. The molecule has 0 saturated carbocycles. The smallest absolute Gasteiger partial charge is 0.254 e. The van der Waals surface area contributed by atoms with E-state index in [1.165, 1.54) is 16.8 Å². The molecule has 3 aromatic carbocycles. The van der Waals surface area contributed by atoms with E-state index in [4.69, 9.17) is 11.6 Å². The molecule has 6 heteroatoms. The van der Waals surface area contributed by atoms with Crippen LogP contribution >= 0.6 is 11.6 Å². The molecule has 1 aliphatic heterocycles. The van der Waals surface area contributed by atoms with Gasteiger partial charge in [0.05, 0.1) is 18.3 Å². The summed E-state index contributed by atoms with van der Waals surface area (Å²) in [5.41, 5.74) is 6.60. The van der Waals surface area contributed by atoms with Gasteiger partial charge < -0.3 is 9.80 Å². The second kappa shape index (κ2) is 8.91. The number of anilines is 1. The maximum absolute atomic E-state index is 13.3. The number of hydrogen-bond donors (Lipinski definition) is 0. The summed E-state index contributed by atoms with van der Waals surface area (Å²) in [6.45, 7) is 8.01. The fraction of sp³-hybridized carbons (Fsp3) is 0.259. The third kappa shape index (κ3) is 4.46. The van der Waals surface area contributed by atoms with Crippen LogP contribution in [0.4, 0.5) is 5.69 Å². The summed E-state index contributed by atoms with van der Waals surface area (Å²) in [6, 6.07) is 20.2. The van der Waals surface area contributed by atoms with Gasteiger partial charge in [0, 0.05) is 47.8 Å². The van der Waals surface area contributed by atoms with Crippen LogP contribution in [0.5, 0.6) is 0 Å². The molecule has 5 nitrogen and oxygen atoms in total. The number of piperazine rings is 1. The summed E-state index contributed by atoms with van der Waals surface area (Å²) in [5.74, 6) is 0.0803. The Bertz CT molecular complexity index is 1300. The van der Waals surface area contributed by atoms with Crippen molar-refractivity contribution in [3.05, 3.63) is 94.1 Å². The first kappa shape index (κ1) is 21.5. The molecule has 0 aliphatic carbocycles.